The second-order valence-electron chi connectivity index (χ2n) is 4.47. The molecule has 1 unspecified atom stereocenters. The number of aryl methyl sites for hydroxylation is 1. The summed E-state index contributed by atoms with van der Waals surface area (Å²) in [5, 5.41) is 0. The molecule has 5 heteroatoms. The van der Waals surface area contributed by atoms with Gasteiger partial charge in [0.05, 0.1) is 6.04 Å². The van der Waals surface area contributed by atoms with Crippen LogP contribution in [0.2, 0.25) is 0 Å². The van der Waals surface area contributed by atoms with Crippen LogP contribution >= 0.6 is 0 Å². The number of hydrogen-bond acceptors (Lipinski definition) is 4. The Balaban J connectivity index is 2.30. The van der Waals surface area contributed by atoms with E-state index in [0.29, 0.717) is 12.2 Å². The van der Waals surface area contributed by atoms with E-state index in [4.69, 9.17) is 11.6 Å². The van der Waals surface area contributed by atoms with E-state index in [2.05, 4.69) is 10.4 Å². The SMILES string of the molecule is Cc1ccc(F)cc1C(Cc1cccnc1N)NN. The molecule has 0 saturated heterocycles. The lowest BCUT2D eigenvalue weighted by atomic mass is 9.96. The van der Waals surface area contributed by atoms with Crippen LogP contribution in [0.15, 0.2) is 36.5 Å². The summed E-state index contributed by atoms with van der Waals surface area (Å²) in [6, 6.07) is 8.17. The first-order chi connectivity index (χ1) is 9.11. The first-order valence-electron chi connectivity index (χ1n) is 6.03. The summed E-state index contributed by atoms with van der Waals surface area (Å²) < 4.78 is 13.4. The normalized spacial score (nSPS) is 12.4. The average molecular weight is 260 g/mol. The summed E-state index contributed by atoms with van der Waals surface area (Å²) in [7, 11) is 0. The largest absolute Gasteiger partial charge is 0.383 e. The number of nitrogen functional groups attached to an aromatic ring is 1. The molecule has 0 bridgehead atoms. The van der Waals surface area contributed by atoms with Gasteiger partial charge in [-0.15, -0.1) is 0 Å². The smallest absolute Gasteiger partial charge is 0.126 e. The van der Waals surface area contributed by atoms with E-state index >= 15 is 0 Å². The number of pyridine rings is 1. The van der Waals surface area contributed by atoms with Gasteiger partial charge in [-0.05, 0) is 48.2 Å². The molecule has 0 amide bonds. The van der Waals surface area contributed by atoms with E-state index in [1.807, 2.05) is 19.1 Å². The standard InChI is InChI=1S/C14H17FN4/c1-9-4-5-11(15)8-12(9)13(19-17)7-10-3-2-6-18-14(10)16/h2-6,8,13,19H,7,17H2,1H3,(H2,16,18). The molecule has 4 nitrogen and oxygen atoms in total. The van der Waals surface area contributed by atoms with Crippen LogP contribution in [0.4, 0.5) is 10.2 Å². The van der Waals surface area contributed by atoms with Crippen LogP contribution in [0, 0.1) is 12.7 Å². The molecule has 0 aliphatic carbocycles. The van der Waals surface area contributed by atoms with Crippen molar-refractivity contribution < 1.29 is 4.39 Å². The fourth-order valence-electron chi connectivity index (χ4n) is 2.09. The molecule has 5 N–H and O–H groups in total. The van der Waals surface area contributed by atoms with E-state index in [0.717, 1.165) is 16.7 Å². The molecule has 100 valence electrons. The molecule has 1 atom stereocenters. The number of halogens is 1. The van der Waals surface area contributed by atoms with Gasteiger partial charge in [0.25, 0.3) is 0 Å². The molecule has 2 rings (SSSR count). The van der Waals surface area contributed by atoms with Gasteiger partial charge in [0.1, 0.15) is 11.6 Å². The predicted octanol–water partition coefficient (Wildman–Crippen LogP) is 1.86. The number of nitrogens with one attached hydrogen (secondary N) is 1. The molecule has 0 aliphatic rings. The van der Waals surface area contributed by atoms with Crippen molar-refractivity contribution >= 4 is 5.82 Å². The van der Waals surface area contributed by atoms with Crippen LogP contribution in [-0.2, 0) is 6.42 Å². The topological polar surface area (TPSA) is 77.0 Å². The van der Waals surface area contributed by atoms with Crippen molar-refractivity contribution in [2.45, 2.75) is 19.4 Å². The summed E-state index contributed by atoms with van der Waals surface area (Å²) in [5.41, 5.74) is 11.2. The number of nitrogens with two attached hydrogens (primary N) is 2. The van der Waals surface area contributed by atoms with Crippen LogP contribution in [0.5, 0.6) is 0 Å². The number of benzene rings is 1. The number of rotatable bonds is 4. The minimum Gasteiger partial charge on any atom is -0.383 e. The van der Waals surface area contributed by atoms with E-state index in [9.17, 15) is 4.39 Å². The second kappa shape index (κ2) is 5.77. The lowest BCUT2D eigenvalue weighted by molar-refractivity contribution is 0.542. The van der Waals surface area contributed by atoms with Gasteiger partial charge in [-0.3, -0.25) is 11.3 Å². The van der Waals surface area contributed by atoms with Gasteiger partial charge in [0.15, 0.2) is 0 Å². The number of hydrazine groups is 1. The zero-order chi connectivity index (χ0) is 13.8. The van der Waals surface area contributed by atoms with Gasteiger partial charge in [0, 0.05) is 6.20 Å². The lowest BCUT2D eigenvalue weighted by Gasteiger charge is -2.19. The summed E-state index contributed by atoms with van der Waals surface area (Å²) in [4.78, 5) is 4.04. The Hall–Kier alpha value is -1.98. The number of nitrogens with zero attached hydrogens (tertiary/aromatic N) is 1. The highest BCUT2D eigenvalue weighted by atomic mass is 19.1. The first-order valence-corrected chi connectivity index (χ1v) is 6.03. The van der Waals surface area contributed by atoms with Crippen LogP contribution in [0.25, 0.3) is 0 Å². The average Bonchev–Trinajstić information content (AvgIpc) is 2.41. The molecule has 2 aromatic rings. The van der Waals surface area contributed by atoms with Gasteiger partial charge in [0.2, 0.25) is 0 Å². The van der Waals surface area contributed by atoms with Crippen LogP contribution < -0.4 is 17.0 Å². The Morgan fingerprint density at radius 3 is 2.84 bits per heavy atom. The minimum atomic E-state index is -0.278. The van der Waals surface area contributed by atoms with Crippen molar-refractivity contribution in [1.29, 1.82) is 0 Å². The molecule has 1 aromatic carbocycles. The molecule has 0 saturated carbocycles. The van der Waals surface area contributed by atoms with Crippen LogP contribution in [0.1, 0.15) is 22.7 Å². The maximum atomic E-state index is 13.4. The monoisotopic (exact) mass is 260 g/mol. The molecule has 0 fully saturated rings. The summed E-state index contributed by atoms with van der Waals surface area (Å²) >= 11 is 0. The quantitative estimate of drug-likeness (QED) is 0.579. The van der Waals surface area contributed by atoms with E-state index in [1.165, 1.54) is 12.1 Å². The zero-order valence-electron chi connectivity index (χ0n) is 10.7. The van der Waals surface area contributed by atoms with E-state index < -0.39 is 0 Å². The molecule has 0 spiro atoms. The molecule has 0 radical (unpaired) electrons. The maximum absolute atomic E-state index is 13.4. The van der Waals surface area contributed by atoms with Crippen molar-refractivity contribution in [2.24, 2.45) is 5.84 Å². The summed E-state index contributed by atoms with van der Waals surface area (Å²) in [6.45, 7) is 1.92. The van der Waals surface area contributed by atoms with Crippen molar-refractivity contribution in [3.63, 3.8) is 0 Å². The predicted molar refractivity (Wildman–Crippen MR) is 73.6 cm³/mol. The molecule has 19 heavy (non-hydrogen) atoms. The van der Waals surface area contributed by atoms with Gasteiger partial charge in [-0.2, -0.15) is 0 Å². The highest BCUT2D eigenvalue weighted by molar-refractivity contribution is 5.40. The lowest BCUT2D eigenvalue weighted by Crippen LogP contribution is -2.30. The Labute approximate surface area is 111 Å². The molecule has 1 heterocycles. The number of aromatic nitrogens is 1. The minimum absolute atomic E-state index is 0.206. The Morgan fingerprint density at radius 1 is 1.37 bits per heavy atom. The number of hydrogen-bond donors (Lipinski definition) is 3. The fourth-order valence-corrected chi connectivity index (χ4v) is 2.09. The summed E-state index contributed by atoms with van der Waals surface area (Å²) in [5.74, 6) is 5.78. The second-order valence-corrected chi connectivity index (χ2v) is 4.47. The van der Waals surface area contributed by atoms with Gasteiger partial charge in [-0.1, -0.05) is 12.1 Å². The third-order valence-electron chi connectivity index (χ3n) is 3.17. The third-order valence-corrected chi connectivity index (χ3v) is 3.17. The Bertz CT molecular complexity index is 571. The molecule has 0 aliphatic heterocycles. The maximum Gasteiger partial charge on any atom is 0.126 e. The van der Waals surface area contributed by atoms with Crippen LogP contribution in [0.3, 0.4) is 0 Å². The van der Waals surface area contributed by atoms with Gasteiger partial charge in [-0.25, -0.2) is 9.37 Å². The first kappa shape index (κ1) is 13.5. The van der Waals surface area contributed by atoms with E-state index in [-0.39, 0.29) is 11.9 Å². The Kier molecular flexibility index (Phi) is 4.09. The molecular weight excluding hydrogens is 243 g/mol. The van der Waals surface area contributed by atoms with Crippen molar-refractivity contribution in [1.82, 2.24) is 10.4 Å². The van der Waals surface area contributed by atoms with Gasteiger partial charge < -0.3 is 5.73 Å². The number of anilines is 1. The summed E-state index contributed by atoms with van der Waals surface area (Å²) in [6.07, 6.45) is 2.19. The highest BCUT2D eigenvalue weighted by Crippen LogP contribution is 2.23. The fraction of sp³-hybridized carbons (Fsp3) is 0.214. The highest BCUT2D eigenvalue weighted by Gasteiger charge is 2.15. The van der Waals surface area contributed by atoms with Crippen molar-refractivity contribution in [3.8, 4) is 0 Å². The van der Waals surface area contributed by atoms with Crippen molar-refractivity contribution in [2.75, 3.05) is 5.73 Å². The third kappa shape index (κ3) is 3.07. The molecular formula is C14H17FN4. The molecule has 1 aromatic heterocycles. The van der Waals surface area contributed by atoms with Gasteiger partial charge >= 0.3 is 0 Å². The van der Waals surface area contributed by atoms with Crippen molar-refractivity contribution in [3.05, 3.63) is 59.0 Å². The Morgan fingerprint density at radius 2 is 2.16 bits per heavy atom. The van der Waals surface area contributed by atoms with Crippen LogP contribution in [-0.4, -0.2) is 4.98 Å². The van der Waals surface area contributed by atoms with E-state index in [1.54, 1.807) is 12.3 Å². The zero-order valence-corrected chi connectivity index (χ0v) is 10.7.